The Bertz CT molecular complexity index is 1010. The molecular formula is C20H23N5O2. The summed E-state index contributed by atoms with van der Waals surface area (Å²) in [5.41, 5.74) is 1.21. The number of hydrogen-bond donors (Lipinski definition) is 0. The lowest BCUT2D eigenvalue weighted by Crippen LogP contribution is -2.39. The van der Waals surface area contributed by atoms with Crippen molar-refractivity contribution in [3.05, 3.63) is 53.2 Å². The fraction of sp³-hybridized carbons (Fsp3) is 0.400. The minimum Gasteiger partial charge on any atom is -0.342 e. The Morgan fingerprint density at radius 3 is 2.85 bits per heavy atom. The van der Waals surface area contributed by atoms with Gasteiger partial charge in [-0.2, -0.15) is 5.10 Å². The molecule has 3 aromatic rings. The predicted octanol–water partition coefficient (Wildman–Crippen LogP) is 2.23. The zero-order valence-electron chi connectivity index (χ0n) is 15.4. The summed E-state index contributed by atoms with van der Waals surface area (Å²) in [6.07, 6.45) is 5.60. The zero-order valence-corrected chi connectivity index (χ0v) is 15.4. The second-order valence-electron chi connectivity index (χ2n) is 7.21. The summed E-state index contributed by atoms with van der Waals surface area (Å²) < 4.78 is 3.16. The van der Waals surface area contributed by atoms with E-state index in [1.807, 2.05) is 35.2 Å². The molecule has 0 saturated carbocycles. The Morgan fingerprint density at radius 1 is 1.26 bits per heavy atom. The van der Waals surface area contributed by atoms with Gasteiger partial charge < -0.3 is 4.90 Å². The van der Waals surface area contributed by atoms with Crippen LogP contribution in [0.4, 0.5) is 0 Å². The quantitative estimate of drug-likeness (QED) is 0.711. The maximum absolute atomic E-state index is 12.8. The van der Waals surface area contributed by atoms with E-state index in [0.717, 1.165) is 25.2 Å². The molecule has 4 rings (SSSR count). The van der Waals surface area contributed by atoms with Crippen LogP contribution in [0, 0.1) is 5.92 Å². The molecule has 0 bridgehead atoms. The first-order chi connectivity index (χ1) is 13.1. The number of amides is 1. The molecule has 140 valence electrons. The molecule has 7 heteroatoms. The van der Waals surface area contributed by atoms with E-state index >= 15 is 0 Å². The Kier molecular flexibility index (Phi) is 4.75. The van der Waals surface area contributed by atoms with Gasteiger partial charge in [-0.15, -0.1) is 0 Å². The van der Waals surface area contributed by atoms with Gasteiger partial charge in [-0.25, -0.2) is 9.67 Å². The summed E-state index contributed by atoms with van der Waals surface area (Å²) in [4.78, 5) is 31.5. The number of benzene rings is 1. The number of nitrogens with zero attached hydrogens (tertiary/aromatic N) is 5. The fourth-order valence-electron chi connectivity index (χ4n) is 3.66. The van der Waals surface area contributed by atoms with Crippen molar-refractivity contribution in [2.75, 3.05) is 13.1 Å². The Balaban J connectivity index is 1.53. The number of aryl methyl sites for hydroxylation is 1. The Labute approximate surface area is 157 Å². The zero-order chi connectivity index (χ0) is 18.8. The van der Waals surface area contributed by atoms with Gasteiger partial charge in [-0.05, 0) is 30.9 Å². The number of rotatable bonds is 4. The van der Waals surface area contributed by atoms with Crippen molar-refractivity contribution in [2.24, 2.45) is 5.92 Å². The fourth-order valence-corrected chi connectivity index (χ4v) is 3.66. The van der Waals surface area contributed by atoms with Crippen molar-refractivity contribution in [3.63, 3.8) is 0 Å². The van der Waals surface area contributed by atoms with Gasteiger partial charge in [0.2, 0.25) is 5.91 Å². The van der Waals surface area contributed by atoms with Crippen LogP contribution in [0.2, 0.25) is 0 Å². The number of aromatic nitrogens is 4. The third-order valence-corrected chi connectivity index (χ3v) is 5.13. The first-order valence-electron chi connectivity index (χ1n) is 9.40. The molecule has 2 aromatic heterocycles. The first-order valence-corrected chi connectivity index (χ1v) is 9.40. The van der Waals surface area contributed by atoms with Crippen LogP contribution >= 0.6 is 0 Å². The van der Waals surface area contributed by atoms with Gasteiger partial charge in [0.1, 0.15) is 5.39 Å². The summed E-state index contributed by atoms with van der Waals surface area (Å²) in [7, 11) is 0. The highest BCUT2D eigenvalue weighted by atomic mass is 16.2. The van der Waals surface area contributed by atoms with Gasteiger partial charge in [-0.3, -0.25) is 14.2 Å². The average molecular weight is 365 g/mol. The third-order valence-electron chi connectivity index (χ3n) is 5.13. The van der Waals surface area contributed by atoms with Crippen molar-refractivity contribution in [3.8, 4) is 5.69 Å². The first kappa shape index (κ1) is 17.5. The van der Waals surface area contributed by atoms with Gasteiger partial charge >= 0.3 is 0 Å². The van der Waals surface area contributed by atoms with Crippen LogP contribution < -0.4 is 5.56 Å². The molecule has 1 aliphatic heterocycles. The largest absolute Gasteiger partial charge is 0.342 e. The van der Waals surface area contributed by atoms with Gasteiger partial charge in [0.25, 0.3) is 5.56 Å². The van der Waals surface area contributed by atoms with Crippen molar-refractivity contribution in [1.82, 2.24) is 24.2 Å². The molecule has 1 aliphatic rings. The Hall–Kier alpha value is -2.96. The van der Waals surface area contributed by atoms with Gasteiger partial charge in [-0.1, -0.05) is 25.1 Å². The number of likely N-dealkylation sites (tertiary alicyclic amines) is 1. The summed E-state index contributed by atoms with van der Waals surface area (Å²) in [6.45, 7) is 4.14. The number of fused-ring (bicyclic) bond motifs is 1. The predicted molar refractivity (Wildman–Crippen MR) is 103 cm³/mol. The van der Waals surface area contributed by atoms with Crippen LogP contribution in [-0.2, 0) is 11.3 Å². The molecule has 0 aliphatic carbocycles. The van der Waals surface area contributed by atoms with Crippen molar-refractivity contribution >= 4 is 16.9 Å². The monoisotopic (exact) mass is 365 g/mol. The van der Waals surface area contributed by atoms with Gasteiger partial charge in [0, 0.05) is 26.1 Å². The van der Waals surface area contributed by atoms with Crippen LogP contribution in [0.15, 0.2) is 47.7 Å². The minimum atomic E-state index is -0.165. The summed E-state index contributed by atoms with van der Waals surface area (Å²) in [6, 6.07) is 9.58. The van der Waals surface area contributed by atoms with E-state index in [-0.39, 0.29) is 11.5 Å². The van der Waals surface area contributed by atoms with E-state index in [4.69, 9.17) is 0 Å². The molecule has 1 aromatic carbocycles. The van der Waals surface area contributed by atoms with Crippen LogP contribution in [0.3, 0.4) is 0 Å². The molecule has 1 amide bonds. The molecule has 3 heterocycles. The van der Waals surface area contributed by atoms with Crippen molar-refractivity contribution in [2.45, 2.75) is 32.7 Å². The molecule has 27 heavy (non-hydrogen) atoms. The maximum atomic E-state index is 12.8. The Morgan fingerprint density at radius 2 is 2.07 bits per heavy atom. The molecule has 7 nitrogen and oxygen atoms in total. The smallest absolute Gasteiger partial charge is 0.264 e. The number of hydrogen-bond acceptors (Lipinski definition) is 4. The van der Waals surface area contributed by atoms with Crippen LogP contribution in [0.5, 0.6) is 0 Å². The van der Waals surface area contributed by atoms with Crippen LogP contribution in [0.1, 0.15) is 26.2 Å². The van der Waals surface area contributed by atoms with Gasteiger partial charge in [0.05, 0.1) is 18.2 Å². The SMILES string of the molecule is CC1CCCN(C(=O)CCn2cnc3c(cnn3-c3ccccc3)c2=O)C1. The molecule has 0 N–H and O–H groups in total. The topological polar surface area (TPSA) is 73.0 Å². The highest BCUT2D eigenvalue weighted by Crippen LogP contribution is 2.16. The second kappa shape index (κ2) is 7.34. The van der Waals surface area contributed by atoms with E-state index in [0.29, 0.717) is 29.9 Å². The number of piperidine rings is 1. The van der Waals surface area contributed by atoms with Crippen LogP contribution in [0.25, 0.3) is 16.7 Å². The highest BCUT2D eigenvalue weighted by Gasteiger charge is 2.21. The molecular weight excluding hydrogens is 342 g/mol. The van der Waals surface area contributed by atoms with Crippen molar-refractivity contribution < 1.29 is 4.79 Å². The number of carbonyl (C=O) groups excluding carboxylic acids is 1. The summed E-state index contributed by atoms with van der Waals surface area (Å²) in [5.74, 6) is 0.654. The van der Waals surface area contributed by atoms with E-state index in [1.165, 1.54) is 17.3 Å². The number of para-hydroxylation sites is 1. The van der Waals surface area contributed by atoms with E-state index in [2.05, 4.69) is 17.0 Å². The molecule has 1 saturated heterocycles. The highest BCUT2D eigenvalue weighted by molar-refractivity contribution is 5.77. The third kappa shape index (κ3) is 3.49. The molecule has 1 fully saturated rings. The normalized spacial score (nSPS) is 17.4. The van der Waals surface area contributed by atoms with Gasteiger partial charge in [0.15, 0.2) is 5.65 Å². The molecule has 1 unspecified atom stereocenters. The standard InChI is InChI=1S/C20H23N5O2/c1-15-6-5-10-23(13-15)18(26)9-11-24-14-21-19-17(20(24)27)12-22-25(19)16-7-3-2-4-8-16/h2-4,7-8,12,14-15H,5-6,9-11,13H2,1H3. The average Bonchev–Trinajstić information content (AvgIpc) is 3.13. The van der Waals surface area contributed by atoms with E-state index < -0.39 is 0 Å². The summed E-state index contributed by atoms with van der Waals surface area (Å²) in [5, 5.41) is 4.77. The summed E-state index contributed by atoms with van der Waals surface area (Å²) >= 11 is 0. The van der Waals surface area contributed by atoms with Crippen molar-refractivity contribution in [1.29, 1.82) is 0 Å². The lowest BCUT2D eigenvalue weighted by Gasteiger charge is -2.31. The maximum Gasteiger partial charge on any atom is 0.264 e. The lowest BCUT2D eigenvalue weighted by molar-refractivity contribution is -0.133. The second-order valence-corrected chi connectivity index (χ2v) is 7.21. The van der Waals surface area contributed by atoms with E-state index in [9.17, 15) is 9.59 Å². The molecule has 1 atom stereocenters. The van der Waals surface area contributed by atoms with E-state index in [1.54, 1.807) is 10.9 Å². The van der Waals surface area contributed by atoms with Crippen LogP contribution in [-0.4, -0.2) is 43.2 Å². The number of carbonyl (C=O) groups is 1. The lowest BCUT2D eigenvalue weighted by atomic mass is 10.00. The molecule has 0 radical (unpaired) electrons. The molecule has 0 spiro atoms. The minimum absolute atomic E-state index is 0.105.